The zero-order valence-corrected chi connectivity index (χ0v) is 16.0. The number of nitro groups is 1. The molecule has 1 atom stereocenters. The van der Waals surface area contributed by atoms with Crippen molar-refractivity contribution in [2.24, 2.45) is 5.41 Å². The number of nitrogens with zero attached hydrogens (tertiary/aromatic N) is 3. The molecule has 0 radical (unpaired) electrons. The summed E-state index contributed by atoms with van der Waals surface area (Å²) in [4.78, 5) is 24.6. The predicted molar refractivity (Wildman–Crippen MR) is 96.0 cm³/mol. The number of rotatable bonds is 4. The Morgan fingerprint density at radius 2 is 1.93 bits per heavy atom. The number of benzene rings is 1. The molecule has 0 saturated carbocycles. The topological polar surface area (TPSA) is 86.9 Å². The molecule has 10 heteroatoms. The summed E-state index contributed by atoms with van der Waals surface area (Å²) in [5, 5.41) is 20.2. The van der Waals surface area contributed by atoms with Crippen molar-refractivity contribution in [3.05, 3.63) is 39.4 Å². The van der Waals surface area contributed by atoms with E-state index in [1.54, 1.807) is 4.90 Å². The molecule has 2 rings (SSSR count). The molecule has 1 amide bonds. The first kappa shape index (κ1) is 21.9. The van der Waals surface area contributed by atoms with Crippen LogP contribution in [0.3, 0.4) is 0 Å². The van der Waals surface area contributed by atoms with Gasteiger partial charge >= 0.3 is 12.3 Å². The van der Waals surface area contributed by atoms with E-state index in [0.717, 1.165) is 12.1 Å². The van der Waals surface area contributed by atoms with Crippen LogP contribution in [0.5, 0.6) is 0 Å². The van der Waals surface area contributed by atoms with Gasteiger partial charge in [0.05, 0.1) is 10.5 Å². The van der Waals surface area contributed by atoms with Gasteiger partial charge in [-0.1, -0.05) is 26.8 Å². The number of hydrogen-bond donors (Lipinski definition) is 1. The Hall–Kier alpha value is -2.36. The number of amides is 1. The molecule has 0 aromatic heterocycles. The molecule has 1 saturated heterocycles. The first-order valence-electron chi connectivity index (χ1n) is 8.84. The minimum Gasteiger partial charge on any atom is -0.465 e. The SMILES string of the molecule is CC(C)(C)C[C@H]1CN(Cc2ccc([N+](=O)[O-])cc2C(F)(F)F)CCN1C(=O)O. The fourth-order valence-electron chi connectivity index (χ4n) is 3.52. The van der Waals surface area contributed by atoms with Crippen molar-refractivity contribution in [3.8, 4) is 0 Å². The normalized spacial score (nSPS) is 18.9. The molecule has 0 spiro atoms. The Labute approximate surface area is 160 Å². The second kappa shape index (κ2) is 7.94. The molecule has 0 unspecified atom stereocenters. The smallest absolute Gasteiger partial charge is 0.416 e. The third-order valence-corrected chi connectivity index (χ3v) is 4.66. The first-order valence-corrected chi connectivity index (χ1v) is 8.84. The van der Waals surface area contributed by atoms with Gasteiger partial charge in [0.15, 0.2) is 0 Å². The van der Waals surface area contributed by atoms with Crippen LogP contribution >= 0.6 is 0 Å². The summed E-state index contributed by atoms with van der Waals surface area (Å²) in [5.41, 5.74) is -1.85. The van der Waals surface area contributed by atoms with Crippen LogP contribution in [0, 0.1) is 15.5 Å². The van der Waals surface area contributed by atoms with E-state index >= 15 is 0 Å². The maximum absolute atomic E-state index is 13.4. The van der Waals surface area contributed by atoms with E-state index < -0.39 is 28.4 Å². The Bertz CT molecular complexity index is 747. The molecule has 1 aromatic carbocycles. The third kappa shape index (κ3) is 5.57. The second-order valence-electron chi connectivity index (χ2n) is 8.23. The van der Waals surface area contributed by atoms with Gasteiger partial charge in [-0.15, -0.1) is 0 Å². The molecule has 1 fully saturated rings. The number of nitro benzene ring substituents is 1. The Morgan fingerprint density at radius 1 is 1.29 bits per heavy atom. The van der Waals surface area contributed by atoms with Gasteiger partial charge in [-0.2, -0.15) is 13.2 Å². The lowest BCUT2D eigenvalue weighted by molar-refractivity contribution is -0.385. The van der Waals surface area contributed by atoms with Gasteiger partial charge in [0.1, 0.15) is 0 Å². The lowest BCUT2D eigenvalue weighted by Crippen LogP contribution is -2.55. The van der Waals surface area contributed by atoms with Crippen molar-refractivity contribution in [1.82, 2.24) is 9.80 Å². The summed E-state index contributed by atoms with van der Waals surface area (Å²) < 4.78 is 40.2. The number of carbonyl (C=O) groups is 1. The predicted octanol–water partition coefficient (Wildman–Crippen LogP) is 4.21. The monoisotopic (exact) mass is 403 g/mol. The Kier molecular flexibility index (Phi) is 6.22. The standard InChI is InChI=1S/C18H24F3N3O4/c1-17(2,3)9-14-11-22(6-7-23(14)16(25)26)10-12-4-5-13(24(27)28)8-15(12)18(19,20)21/h4-5,8,14H,6-7,9-11H2,1-3H3,(H,25,26)/t14-/m0/s1. The van der Waals surface area contributed by atoms with Crippen molar-refractivity contribution in [2.75, 3.05) is 19.6 Å². The molecular weight excluding hydrogens is 379 g/mol. The summed E-state index contributed by atoms with van der Waals surface area (Å²) in [6, 6.07) is 2.40. The van der Waals surface area contributed by atoms with Crippen LogP contribution in [0.2, 0.25) is 0 Å². The number of non-ortho nitro benzene ring substituents is 1. The average molecular weight is 403 g/mol. The number of piperazine rings is 1. The molecule has 0 bridgehead atoms. The van der Waals surface area contributed by atoms with Crippen LogP contribution in [-0.4, -0.2) is 51.6 Å². The van der Waals surface area contributed by atoms with Gasteiger partial charge in [-0.3, -0.25) is 15.0 Å². The third-order valence-electron chi connectivity index (χ3n) is 4.66. The summed E-state index contributed by atoms with van der Waals surface area (Å²) in [5.74, 6) is 0. The van der Waals surface area contributed by atoms with Crippen LogP contribution in [-0.2, 0) is 12.7 Å². The largest absolute Gasteiger partial charge is 0.465 e. The number of hydrogen-bond acceptors (Lipinski definition) is 4. The van der Waals surface area contributed by atoms with Crippen LogP contribution < -0.4 is 0 Å². The van der Waals surface area contributed by atoms with Gasteiger partial charge in [-0.05, 0) is 17.4 Å². The van der Waals surface area contributed by atoms with Crippen molar-refractivity contribution in [2.45, 2.75) is 46.0 Å². The fourth-order valence-corrected chi connectivity index (χ4v) is 3.52. The molecule has 1 aromatic rings. The Balaban J connectivity index is 2.25. The molecular formula is C18H24F3N3O4. The molecule has 1 heterocycles. The second-order valence-corrected chi connectivity index (χ2v) is 8.23. The van der Waals surface area contributed by atoms with Crippen LogP contribution in [0.1, 0.15) is 38.3 Å². The highest BCUT2D eigenvalue weighted by Crippen LogP contribution is 2.35. The average Bonchev–Trinajstić information content (AvgIpc) is 2.52. The first-order chi connectivity index (χ1) is 12.8. The van der Waals surface area contributed by atoms with E-state index in [1.807, 2.05) is 20.8 Å². The maximum atomic E-state index is 13.4. The highest BCUT2D eigenvalue weighted by atomic mass is 19.4. The van der Waals surface area contributed by atoms with Crippen LogP contribution in [0.4, 0.5) is 23.7 Å². The molecule has 7 nitrogen and oxygen atoms in total. The minimum atomic E-state index is -4.71. The molecule has 0 aliphatic carbocycles. The van der Waals surface area contributed by atoms with Gasteiger partial charge in [-0.25, -0.2) is 4.79 Å². The zero-order valence-electron chi connectivity index (χ0n) is 16.0. The van der Waals surface area contributed by atoms with E-state index in [2.05, 4.69) is 0 Å². The van der Waals surface area contributed by atoms with Gasteiger partial charge in [0.25, 0.3) is 5.69 Å². The van der Waals surface area contributed by atoms with Crippen LogP contribution in [0.15, 0.2) is 18.2 Å². The highest BCUT2D eigenvalue weighted by Gasteiger charge is 2.37. The van der Waals surface area contributed by atoms with Gasteiger partial charge in [0.2, 0.25) is 0 Å². The highest BCUT2D eigenvalue weighted by molar-refractivity contribution is 5.65. The lowest BCUT2D eigenvalue weighted by Gasteiger charge is -2.42. The van der Waals surface area contributed by atoms with E-state index in [4.69, 9.17) is 0 Å². The molecule has 1 aliphatic rings. The summed E-state index contributed by atoms with van der Waals surface area (Å²) in [6.07, 6.45) is -5.18. The van der Waals surface area contributed by atoms with Crippen LogP contribution in [0.25, 0.3) is 0 Å². The van der Waals surface area contributed by atoms with E-state index in [9.17, 15) is 33.2 Å². The molecule has 28 heavy (non-hydrogen) atoms. The lowest BCUT2D eigenvalue weighted by atomic mass is 9.86. The van der Waals surface area contributed by atoms with Crippen molar-refractivity contribution < 1.29 is 28.0 Å². The van der Waals surface area contributed by atoms with Crippen molar-refractivity contribution in [1.29, 1.82) is 0 Å². The number of carboxylic acid groups (broad SMARTS) is 1. The van der Waals surface area contributed by atoms with Crippen molar-refractivity contribution in [3.63, 3.8) is 0 Å². The molecule has 156 valence electrons. The molecule has 1 aliphatic heterocycles. The van der Waals surface area contributed by atoms with Gasteiger partial charge in [0, 0.05) is 44.4 Å². The van der Waals surface area contributed by atoms with Crippen molar-refractivity contribution >= 4 is 11.8 Å². The quantitative estimate of drug-likeness (QED) is 0.601. The Morgan fingerprint density at radius 3 is 2.43 bits per heavy atom. The summed E-state index contributed by atoms with van der Waals surface area (Å²) in [7, 11) is 0. The van der Waals surface area contributed by atoms with E-state index in [-0.39, 0.29) is 30.1 Å². The maximum Gasteiger partial charge on any atom is 0.416 e. The van der Waals surface area contributed by atoms with E-state index in [0.29, 0.717) is 25.6 Å². The van der Waals surface area contributed by atoms with E-state index in [1.165, 1.54) is 4.90 Å². The fraction of sp³-hybridized carbons (Fsp3) is 0.611. The summed E-state index contributed by atoms with van der Waals surface area (Å²) in [6.45, 7) is 6.67. The molecule has 1 N–H and O–H groups in total. The minimum absolute atomic E-state index is 0.0546. The van der Waals surface area contributed by atoms with Gasteiger partial charge < -0.3 is 10.0 Å². The summed E-state index contributed by atoms with van der Waals surface area (Å²) >= 11 is 0. The number of alkyl halides is 3. The zero-order chi connectivity index (χ0) is 21.3. The number of halogens is 3.